The fourth-order valence-electron chi connectivity index (χ4n) is 2.89. The van der Waals surface area contributed by atoms with Gasteiger partial charge in [-0.05, 0) is 12.3 Å². The molecule has 0 spiro atoms. The van der Waals surface area contributed by atoms with E-state index in [1.807, 2.05) is 6.92 Å². The Hall–Kier alpha value is -3.52. The summed E-state index contributed by atoms with van der Waals surface area (Å²) in [6.45, 7) is 2.81. The number of aliphatic hydroxyl groups excluding tert-OH is 1. The number of amides is 4. The number of aromatic nitrogens is 2. The molecular formula is C20H33N7O7. The van der Waals surface area contributed by atoms with Crippen molar-refractivity contribution in [3.8, 4) is 0 Å². The first-order valence-electron chi connectivity index (χ1n) is 10.8. The number of aliphatic hydroxyl groups is 1. The minimum Gasteiger partial charge on any atom is -0.480 e. The Morgan fingerprint density at radius 1 is 1.06 bits per heavy atom. The summed E-state index contributed by atoms with van der Waals surface area (Å²) in [5, 5.41) is 26.0. The maximum atomic E-state index is 12.8. The largest absolute Gasteiger partial charge is 0.480 e. The number of rotatable bonds is 15. The van der Waals surface area contributed by atoms with E-state index < -0.39 is 60.4 Å². The van der Waals surface area contributed by atoms with Crippen LogP contribution in [0.25, 0.3) is 0 Å². The summed E-state index contributed by atoms with van der Waals surface area (Å²) in [5.41, 5.74) is 11.4. The van der Waals surface area contributed by atoms with Crippen molar-refractivity contribution in [2.45, 2.75) is 63.7 Å². The van der Waals surface area contributed by atoms with E-state index in [9.17, 15) is 34.2 Å². The number of hydrogen-bond acceptors (Lipinski definition) is 8. The molecule has 1 aromatic heterocycles. The van der Waals surface area contributed by atoms with Crippen LogP contribution in [0.5, 0.6) is 0 Å². The smallest absolute Gasteiger partial charge is 0.326 e. The Bertz CT molecular complexity index is 846. The standard InChI is InChI=1S/C20H33N7O7/c1-3-10(2)16(22)19(32)27-14(8-28)18(31)25-12(4-5-15(21)29)17(30)26-13(20(33)34)6-11-7-23-9-24-11/h7,9-10,12-14,16,28H,3-6,8,22H2,1-2H3,(H2,21,29)(H,23,24)(H,25,31)(H,26,30)(H,27,32)(H,33,34). The van der Waals surface area contributed by atoms with Crippen molar-refractivity contribution < 1.29 is 34.2 Å². The molecule has 34 heavy (non-hydrogen) atoms. The number of hydrogen-bond donors (Lipinski definition) is 8. The first-order valence-corrected chi connectivity index (χ1v) is 10.8. The molecule has 0 saturated carbocycles. The lowest BCUT2D eigenvalue weighted by molar-refractivity contribution is -0.142. The minimum absolute atomic E-state index is 0.111. The van der Waals surface area contributed by atoms with Gasteiger partial charge in [0.2, 0.25) is 23.6 Å². The number of nitrogens with one attached hydrogen (secondary N) is 4. The highest BCUT2D eigenvalue weighted by Gasteiger charge is 2.31. The number of aromatic amines is 1. The Morgan fingerprint density at radius 2 is 1.65 bits per heavy atom. The zero-order chi connectivity index (χ0) is 25.8. The van der Waals surface area contributed by atoms with Gasteiger partial charge in [0.1, 0.15) is 18.1 Å². The monoisotopic (exact) mass is 483 g/mol. The molecule has 14 nitrogen and oxygen atoms in total. The van der Waals surface area contributed by atoms with Crippen molar-refractivity contribution in [2.24, 2.45) is 17.4 Å². The minimum atomic E-state index is -1.42. The molecule has 0 saturated heterocycles. The molecule has 0 aliphatic rings. The average molecular weight is 484 g/mol. The summed E-state index contributed by atoms with van der Waals surface area (Å²) < 4.78 is 0. The van der Waals surface area contributed by atoms with Crippen molar-refractivity contribution in [1.82, 2.24) is 25.9 Å². The van der Waals surface area contributed by atoms with Gasteiger partial charge in [0, 0.05) is 24.7 Å². The number of carbonyl (C=O) groups excluding carboxylic acids is 4. The predicted molar refractivity (Wildman–Crippen MR) is 119 cm³/mol. The SMILES string of the molecule is CCC(C)C(N)C(=O)NC(CO)C(=O)NC(CCC(N)=O)C(=O)NC(Cc1cnc[nH]1)C(=O)O. The van der Waals surface area contributed by atoms with Crippen LogP contribution in [0.3, 0.4) is 0 Å². The number of carbonyl (C=O) groups is 5. The Morgan fingerprint density at radius 3 is 2.15 bits per heavy atom. The Kier molecular flexibility index (Phi) is 11.7. The second kappa shape index (κ2) is 13.9. The van der Waals surface area contributed by atoms with Crippen LogP contribution in [-0.2, 0) is 30.4 Å². The molecule has 190 valence electrons. The van der Waals surface area contributed by atoms with Crippen molar-refractivity contribution in [2.75, 3.05) is 6.61 Å². The average Bonchev–Trinajstić information content (AvgIpc) is 3.31. The number of carboxylic acids is 1. The van der Waals surface area contributed by atoms with E-state index in [0.29, 0.717) is 12.1 Å². The molecule has 14 heteroatoms. The number of H-pyrrole nitrogens is 1. The third-order valence-corrected chi connectivity index (χ3v) is 5.28. The third kappa shape index (κ3) is 9.15. The first kappa shape index (κ1) is 28.5. The lowest BCUT2D eigenvalue weighted by Gasteiger charge is -2.25. The van der Waals surface area contributed by atoms with Gasteiger partial charge < -0.3 is 42.6 Å². The van der Waals surface area contributed by atoms with Crippen LogP contribution in [-0.4, -0.2) is 80.6 Å². The second-order valence-corrected chi connectivity index (χ2v) is 7.90. The summed E-state index contributed by atoms with van der Waals surface area (Å²) in [4.78, 5) is 67.0. The topological polar surface area (TPSA) is 243 Å². The van der Waals surface area contributed by atoms with E-state index in [1.54, 1.807) is 6.92 Å². The summed E-state index contributed by atoms with van der Waals surface area (Å²) in [7, 11) is 0. The van der Waals surface area contributed by atoms with Gasteiger partial charge in [0.15, 0.2) is 0 Å². The highest BCUT2D eigenvalue weighted by atomic mass is 16.4. The van der Waals surface area contributed by atoms with Gasteiger partial charge in [-0.2, -0.15) is 0 Å². The molecule has 0 aliphatic carbocycles. The molecular weight excluding hydrogens is 450 g/mol. The van der Waals surface area contributed by atoms with Gasteiger partial charge in [0.05, 0.1) is 19.0 Å². The molecule has 1 rings (SSSR count). The lowest BCUT2D eigenvalue weighted by Crippen LogP contribution is -2.58. The molecule has 5 unspecified atom stereocenters. The van der Waals surface area contributed by atoms with Gasteiger partial charge in [0.25, 0.3) is 0 Å². The maximum Gasteiger partial charge on any atom is 0.326 e. The summed E-state index contributed by atoms with van der Waals surface area (Å²) >= 11 is 0. The fourth-order valence-corrected chi connectivity index (χ4v) is 2.89. The van der Waals surface area contributed by atoms with Crippen LogP contribution in [0.4, 0.5) is 0 Å². The fraction of sp³-hybridized carbons (Fsp3) is 0.600. The van der Waals surface area contributed by atoms with Crippen molar-refractivity contribution in [3.05, 3.63) is 18.2 Å². The van der Waals surface area contributed by atoms with Crippen LogP contribution < -0.4 is 27.4 Å². The lowest BCUT2D eigenvalue weighted by atomic mass is 9.99. The van der Waals surface area contributed by atoms with Gasteiger partial charge in [-0.25, -0.2) is 9.78 Å². The van der Waals surface area contributed by atoms with E-state index in [4.69, 9.17) is 11.5 Å². The van der Waals surface area contributed by atoms with Crippen LogP contribution in [0.1, 0.15) is 38.8 Å². The number of nitrogens with two attached hydrogens (primary N) is 2. The number of nitrogens with zero attached hydrogens (tertiary/aromatic N) is 1. The summed E-state index contributed by atoms with van der Waals surface area (Å²) in [5.74, 6) is -4.72. The Labute approximate surface area is 196 Å². The summed E-state index contributed by atoms with van der Waals surface area (Å²) in [6, 6.07) is -5.06. The van der Waals surface area contributed by atoms with Gasteiger partial charge in [-0.3, -0.25) is 19.2 Å². The number of aliphatic carboxylic acids is 1. The molecule has 5 atom stereocenters. The van der Waals surface area contributed by atoms with E-state index in [0.717, 1.165) is 0 Å². The van der Waals surface area contributed by atoms with Crippen LogP contribution in [0.15, 0.2) is 12.5 Å². The number of imidazole rings is 1. The molecule has 1 heterocycles. The van der Waals surface area contributed by atoms with E-state index in [-0.39, 0.29) is 25.2 Å². The summed E-state index contributed by atoms with van der Waals surface area (Å²) in [6.07, 6.45) is 2.73. The molecule has 10 N–H and O–H groups in total. The highest BCUT2D eigenvalue weighted by Crippen LogP contribution is 2.06. The molecule has 0 fully saturated rings. The zero-order valence-corrected chi connectivity index (χ0v) is 19.1. The molecule has 0 bridgehead atoms. The van der Waals surface area contributed by atoms with Crippen LogP contribution >= 0.6 is 0 Å². The molecule has 0 aliphatic heterocycles. The first-order chi connectivity index (χ1) is 16.0. The number of primary amides is 1. The highest BCUT2D eigenvalue weighted by molar-refractivity contribution is 5.94. The van der Waals surface area contributed by atoms with Gasteiger partial charge >= 0.3 is 5.97 Å². The second-order valence-electron chi connectivity index (χ2n) is 7.90. The van der Waals surface area contributed by atoms with Crippen molar-refractivity contribution >= 4 is 29.6 Å². The molecule has 1 aromatic rings. The van der Waals surface area contributed by atoms with E-state index in [1.165, 1.54) is 12.5 Å². The van der Waals surface area contributed by atoms with Crippen molar-refractivity contribution in [1.29, 1.82) is 0 Å². The predicted octanol–water partition coefficient (Wildman–Crippen LogP) is -2.88. The number of carboxylic acid groups (broad SMARTS) is 1. The molecule has 4 amide bonds. The van der Waals surface area contributed by atoms with Gasteiger partial charge in [-0.15, -0.1) is 0 Å². The normalized spacial score (nSPS) is 15.3. The Balaban J connectivity index is 2.92. The van der Waals surface area contributed by atoms with E-state index in [2.05, 4.69) is 25.9 Å². The van der Waals surface area contributed by atoms with E-state index >= 15 is 0 Å². The van der Waals surface area contributed by atoms with Crippen LogP contribution in [0, 0.1) is 5.92 Å². The molecule has 0 radical (unpaired) electrons. The third-order valence-electron chi connectivity index (χ3n) is 5.28. The maximum absolute atomic E-state index is 12.8. The molecule has 0 aromatic carbocycles. The van der Waals surface area contributed by atoms with Crippen LogP contribution in [0.2, 0.25) is 0 Å². The van der Waals surface area contributed by atoms with Gasteiger partial charge in [-0.1, -0.05) is 20.3 Å². The van der Waals surface area contributed by atoms with Crippen molar-refractivity contribution in [3.63, 3.8) is 0 Å². The zero-order valence-electron chi connectivity index (χ0n) is 19.1. The quantitative estimate of drug-likeness (QED) is 0.127.